The third-order valence-corrected chi connectivity index (χ3v) is 4.15. The molecular weight excluding hydrogens is 371 g/mol. The van der Waals surface area contributed by atoms with Crippen LogP contribution in [0.4, 0.5) is 0 Å². The second kappa shape index (κ2) is 8.58. The van der Waals surface area contributed by atoms with Gasteiger partial charge in [0.05, 0.1) is 11.1 Å². The molecule has 1 aliphatic heterocycles. The Morgan fingerprint density at radius 2 is 1.88 bits per heavy atom. The van der Waals surface area contributed by atoms with Crippen LogP contribution in [0.3, 0.4) is 0 Å². The van der Waals surface area contributed by atoms with E-state index in [4.69, 9.17) is 27.9 Å². The zero-order valence-electron chi connectivity index (χ0n) is 12.7. The lowest BCUT2D eigenvalue weighted by atomic mass is 10.1. The van der Waals surface area contributed by atoms with Crippen molar-refractivity contribution in [1.82, 2.24) is 10.6 Å². The van der Waals surface area contributed by atoms with E-state index in [0.29, 0.717) is 15.8 Å². The van der Waals surface area contributed by atoms with Gasteiger partial charge in [0, 0.05) is 29.7 Å². The van der Waals surface area contributed by atoms with Gasteiger partial charge in [0.1, 0.15) is 5.75 Å². The average Bonchev–Trinajstić information content (AvgIpc) is 2.52. The van der Waals surface area contributed by atoms with E-state index in [1.807, 2.05) is 30.3 Å². The molecule has 2 N–H and O–H groups in total. The van der Waals surface area contributed by atoms with Crippen molar-refractivity contribution in [2.24, 2.45) is 0 Å². The summed E-state index contributed by atoms with van der Waals surface area (Å²) in [5.41, 5.74) is 0.758. The monoisotopic (exact) mass is 386 g/mol. The summed E-state index contributed by atoms with van der Waals surface area (Å²) in [6.45, 7) is 1.54. The minimum Gasteiger partial charge on any atom is -0.474 e. The minimum atomic E-state index is -0.784. The lowest BCUT2D eigenvalue weighted by molar-refractivity contribution is -0.129. The Bertz CT molecular complexity index is 693. The lowest BCUT2D eigenvalue weighted by Crippen LogP contribution is -2.58. The van der Waals surface area contributed by atoms with Crippen molar-refractivity contribution in [3.8, 4) is 5.75 Å². The van der Waals surface area contributed by atoms with Gasteiger partial charge in [-0.25, -0.2) is 0 Å². The summed E-state index contributed by atoms with van der Waals surface area (Å²) in [5, 5.41) is 6.99. The fourth-order valence-electron chi connectivity index (χ4n) is 2.26. The van der Waals surface area contributed by atoms with E-state index in [0.717, 1.165) is 18.7 Å². The zero-order chi connectivity index (χ0) is 16.2. The van der Waals surface area contributed by atoms with Crippen molar-refractivity contribution >= 4 is 41.5 Å². The van der Waals surface area contributed by atoms with Crippen molar-refractivity contribution in [2.75, 3.05) is 13.1 Å². The van der Waals surface area contributed by atoms with Gasteiger partial charge in [-0.05, 0) is 12.1 Å². The summed E-state index contributed by atoms with van der Waals surface area (Å²) in [5.74, 6) is 0.189. The SMILES string of the molecule is Cl.O=C(NC1CNC1)C(Oc1cc(Cl)ccc1Cl)c1ccccc1. The number of carbonyl (C=O) groups is 1. The number of nitrogens with one attached hydrogen (secondary N) is 2. The maximum atomic E-state index is 12.6. The Kier molecular flexibility index (Phi) is 6.75. The topological polar surface area (TPSA) is 50.4 Å². The van der Waals surface area contributed by atoms with Crippen molar-refractivity contribution in [2.45, 2.75) is 12.1 Å². The van der Waals surface area contributed by atoms with Crippen LogP contribution in [0, 0.1) is 0 Å². The summed E-state index contributed by atoms with van der Waals surface area (Å²) in [6.07, 6.45) is -0.784. The molecule has 3 rings (SSSR count). The molecule has 1 aliphatic rings. The van der Waals surface area contributed by atoms with E-state index >= 15 is 0 Å². The molecule has 7 heteroatoms. The molecule has 1 amide bonds. The molecule has 0 aromatic heterocycles. The number of hydrogen-bond acceptors (Lipinski definition) is 3. The first-order chi connectivity index (χ1) is 11.1. The highest BCUT2D eigenvalue weighted by Gasteiger charge is 2.27. The van der Waals surface area contributed by atoms with E-state index < -0.39 is 6.10 Å². The molecule has 0 spiro atoms. The number of benzene rings is 2. The van der Waals surface area contributed by atoms with Gasteiger partial charge in [0.15, 0.2) is 0 Å². The van der Waals surface area contributed by atoms with Gasteiger partial charge in [-0.3, -0.25) is 4.79 Å². The number of rotatable bonds is 5. The predicted octanol–water partition coefficient (Wildman–Crippen LogP) is 3.62. The van der Waals surface area contributed by atoms with E-state index in [1.54, 1.807) is 18.2 Å². The number of carbonyl (C=O) groups excluding carboxylic acids is 1. The molecule has 24 heavy (non-hydrogen) atoms. The molecule has 1 atom stereocenters. The zero-order valence-corrected chi connectivity index (χ0v) is 15.0. The smallest absolute Gasteiger partial charge is 0.266 e. The molecular formula is C17H17Cl3N2O2. The Morgan fingerprint density at radius 3 is 2.50 bits per heavy atom. The van der Waals surface area contributed by atoms with Gasteiger partial charge >= 0.3 is 0 Å². The third-order valence-electron chi connectivity index (χ3n) is 3.61. The molecule has 0 saturated carbocycles. The van der Waals surface area contributed by atoms with Gasteiger partial charge in [0.25, 0.3) is 5.91 Å². The first-order valence-electron chi connectivity index (χ1n) is 7.31. The molecule has 0 bridgehead atoms. The summed E-state index contributed by atoms with van der Waals surface area (Å²) in [6, 6.07) is 14.4. The van der Waals surface area contributed by atoms with E-state index in [9.17, 15) is 4.79 Å². The number of ether oxygens (including phenoxy) is 1. The van der Waals surface area contributed by atoms with E-state index in [-0.39, 0.29) is 24.4 Å². The van der Waals surface area contributed by atoms with Gasteiger partial charge < -0.3 is 15.4 Å². The molecule has 1 saturated heterocycles. The van der Waals surface area contributed by atoms with Crippen LogP contribution in [0.1, 0.15) is 11.7 Å². The minimum absolute atomic E-state index is 0. The summed E-state index contributed by atoms with van der Waals surface area (Å²) in [4.78, 5) is 12.6. The standard InChI is InChI=1S/C17H16Cl2N2O2.ClH/c18-12-6-7-14(19)15(8-12)23-16(11-4-2-1-3-5-11)17(22)21-13-9-20-10-13;/h1-8,13,16,20H,9-10H2,(H,21,22);1H. The first-order valence-corrected chi connectivity index (χ1v) is 8.07. The highest BCUT2D eigenvalue weighted by molar-refractivity contribution is 6.34. The van der Waals surface area contributed by atoms with Crippen LogP contribution in [0.5, 0.6) is 5.75 Å². The van der Waals surface area contributed by atoms with Crippen LogP contribution in [-0.4, -0.2) is 25.0 Å². The Balaban J connectivity index is 0.00000208. The third kappa shape index (κ3) is 4.54. The normalized spacial score (nSPS) is 14.9. The molecule has 2 aromatic carbocycles. The molecule has 4 nitrogen and oxygen atoms in total. The second-order valence-electron chi connectivity index (χ2n) is 5.35. The molecule has 1 unspecified atom stereocenters. The maximum absolute atomic E-state index is 12.6. The highest BCUT2D eigenvalue weighted by Crippen LogP contribution is 2.32. The van der Waals surface area contributed by atoms with Crippen LogP contribution in [0.25, 0.3) is 0 Å². The summed E-state index contributed by atoms with van der Waals surface area (Å²) < 4.78 is 5.89. The molecule has 2 aromatic rings. The highest BCUT2D eigenvalue weighted by atomic mass is 35.5. The second-order valence-corrected chi connectivity index (χ2v) is 6.19. The fourth-order valence-corrected chi connectivity index (χ4v) is 2.59. The van der Waals surface area contributed by atoms with Crippen LogP contribution in [0.15, 0.2) is 48.5 Å². The predicted molar refractivity (Wildman–Crippen MR) is 98.3 cm³/mol. The molecule has 0 radical (unpaired) electrons. The van der Waals surface area contributed by atoms with Gasteiger partial charge in [-0.15, -0.1) is 12.4 Å². The van der Waals surface area contributed by atoms with Crippen molar-refractivity contribution < 1.29 is 9.53 Å². The largest absolute Gasteiger partial charge is 0.474 e. The Morgan fingerprint density at radius 1 is 1.17 bits per heavy atom. The van der Waals surface area contributed by atoms with Gasteiger partial charge in [0.2, 0.25) is 6.10 Å². The van der Waals surface area contributed by atoms with E-state index in [2.05, 4.69) is 10.6 Å². The van der Waals surface area contributed by atoms with Crippen molar-refractivity contribution in [3.05, 3.63) is 64.1 Å². The lowest BCUT2D eigenvalue weighted by Gasteiger charge is -2.30. The van der Waals surface area contributed by atoms with Crippen LogP contribution < -0.4 is 15.4 Å². The van der Waals surface area contributed by atoms with Crippen molar-refractivity contribution in [3.63, 3.8) is 0 Å². The maximum Gasteiger partial charge on any atom is 0.266 e. The number of halogens is 3. The van der Waals surface area contributed by atoms with Crippen LogP contribution in [0.2, 0.25) is 10.0 Å². The molecule has 0 aliphatic carbocycles. The number of hydrogen-bond donors (Lipinski definition) is 2. The first kappa shape index (κ1) is 18.9. The fraction of sp³-hybridized carbons (Fsp3) is 0.235. The van der Waals surface area contributed by atoms with Crippen LogP contribution in [-0.2, 0) is 4.79 Å². The van der Waals surface area contributed by atoms with Gasteiger partial charge in [-0.1, -0.05) is 53.5 Å². The van der Waals surface area contributed by atoms with Gasteiger partial charge in [-0.2, -0.15) is 0 Å². The summed E-state index contributed by atoms with van der Waals surface area (Å²) in [7, 11) is 0. The average molecular weight is 388 g/mol. The van der Waals surface area contributed by atoms with Crippen LogP contribution >= 0.6 is 35.6 Å². The molecule has 128 valence electrons. The molecule has 1 fully saturated rings. The van der Waals surface area contributed by atoms with E-state index in [1.165, 1.54) is 0 Å². The quantitative estimate of drug-likeness (QED) is 0.824. The Hall–Kier alpha value is -1.46. The molecule has 1 heterocycles. The van der Waals surface area contributed by atoms with Crippen molar-refractivity contribution in [1.29, 1.82) is 0 Å². The Labute approximate surface area is 156 Å². The summed E-state index contributed by atoms with van der Waals surface area (Å²) >= 11 is 12.1. The number of amides is 1.